The van der Waals surface area contributed by atoms with Crippen LogP contribution in [0.15, 0.2) is 52.9 Å². The lowest BCUT2D eigenvalue weighted by Crippen LogP contribution is -2.22. The molecular formula is C18H17NO3. The maximum atomic E-state index is 12.3. The summed E-state index contributed by atoms with van der Waals surface area (Å²) in [4.78, 5) is 12.3. The van der Waals surface area contributed by atoms with E-state index in [1.165, 1.54) is 12.7 Å². The Morgan fingerprint density at radius 1 is 1.14 bits per heavy atom. The van der Waals surface area contributed by atoms with Gasteiger partial charge in [-0.3, -0.25) is 4.79 Å². The van der Waals surface area contributed by atoms with Gasteiger partial charge in [-0.15, -0.1) is 0 Å². The molecule has 0 bridgehead atoms. The van der Waals surface area contributed by atoms with E-state index in [1.807, 2.05) is 55.5 Å². The third-order valence-electron chi connectivity index (χ3n) is 3.53. The normalized spacial score (nSPS) is 10.6. The average Bonchev–Trinajstić information content (AvgIpc) is 2.92. The molecule has 2 aromatic carbocycles. The van der Waals surface area contributed by atoms with Crippen molar-refractivity contribution in [3.63, 3.8) is 0 Å². The van der Waals surface area contributed by atoms with Crippen molar-refractivity contribution in [2.24, 2.45) is 0 Å². The average molecular weight is 295 g/mol. The molecule has 112 valence electrons. The van der Waals surface area contributed by atoms with Crippen molar-refractivity contribution in [1.29, 1.82) is 0 Å². The fourth-order valence-corrected chi connectivity index (χ4v) is 2.34. The van der Waals surface area contributed by atoms with Crippen LogP contribution in [0, 0.1) is 6.92 Å². The second-order valence-corrected chi connectivity index (χ2v) is 5.13. The summed E-state index contributed by atoms with van der Waals surface area (Å²) in [5.41, 5.74) is 2.86. The summed E-state index contributed by atoms with van der Waals surface area (Å²) in [6.07, 6.45) is 0. The highest BCUT2D eigenvalue weighted by atomic mass is 16.5. The molecule has 4 heteroatoms. The molecule has 0 spiro atoms. The van der Waals surface area contributed by atoms with E-state index in [4.69, 9.17) is 9.15 Å². The smallest absolute Gasteiger partial charge is 0.291 e. The van der Waals surface area contributed by atoms with Crippen molar-refractivity contribution in [3.8, 4) is 5.75 Å². The number of ether oxygens (including phenoxy) is 1. The SMILES string of the molecule is COc1c(C(=O)NCc2ccc(C)cc2)oc2ccccc12. The quantitative estimate of drug-likeness (QED) is 0.799. The number of hydrogen-bond donors (Lipinski definition) is 1. The third kappa shape index (κ3) is 2.68. The summed E-state index contributed by atoms with van der Waals surface area (Å²) >= 11 is 0. The van der Waals surface area contributed by atoms with Gasteiger partial charge in [-0.1, -0.05) is 42.0 Å². The predicted octanol–water partition coefficient (Wildman–Crippen LogP) is 3.68. The van der Waals surface area contributed by atoms with Gasteiger partial charge in [-0.05, 0) is 24.6 Å². The van der Waals surface area contributed by atoms with E-state index in [2.05, 4.69) is 5.32 Å². The van der Waals surface area contributed by atoms with Crippen LogP contribution in [0.2, 0.25) is 0 Å². The van der Waals surface area contributed by atoms with Gasteiger partial charge in [0.25, 0.3) is 5.91 Å². The summed E-state index contributed by atoms with van der Waals surface area (Å²) in [6.45, 7) is 2.47. The zero-order chi connectivity index (χ0) is 15.5. The molecule has 3 aromatic rings. The lowest BCUT2D eigenvalue weighted by molar-refractivity contribution is 0.0921. The minimum Gasteiger partial charge on any atom is -0.492 e. The first kappa shape index (κ1) is 14.2. The monoisotopic (exact) mass is 295 g/mol. The molecule has 1 heterocycles. The van der Waals surface area contributed by atoms with Gasteiger partial charge in [0.05, 0.1) is 12.5 Å². The van der Waals surface area contributed by atoms with Gasteiger partial charge >= 0.3 is 0 Å². The minimum absolute atomic E-state index is 0.204. The molecule has 0 fully saturated rings. The first-order valence-electron chi connectivity index (χ1n) is 7.08. The molecule has 22 heavy (non-hydrogen) atoms. The summed E-state index contributed by atoms with van der Waals surface area (Å²) in [5.74, 6) is 0.390. The van der Waals surface area contributed by atoms with Crippen LogP contribution in [-0.4, -0.2) is 13.0 Å². The molecule has 1 amide bonds. The number of rotatable bonds is 4. The largest absolute Gasteiger partial charge is 0.492 e. The molecule has 0 aliphatic rings. The van der Waals surface area contributed by atoms with Crippen molar-refractivity contribution in [3.05, 3.63) is 65.4 Å². The number of benzene rings is 2. The van der Waals surface area contributed by atoms with E-state index in [0.29, 0.717) is 17.9 Å². The number of fused-ring (bicyclic) bond motifs is 1. The van der Waals surface area contributed by atoms with Crippen molar-refractivity contribution in [2.45, 2.75) is 13.5 Å². The zero-order valence-corrected chi connectivity index (χ0v) is 12.6. The van der Waals surface area contributed by atoms with Crippen molar-refractivity contribution >= 4 is 16.9 Å². The first-order chi connectivity index (χ1) is 10.7. The summed E-state index contributed by atoms with van der Waals surface area (Å²) < 4.78 is 11.0. The Morgan fingerprint density at radius 2 is 1.86 bits per heavy atom. The van der Waals surface area contributed by atoms with Gasteiger partial charge < -0.3 is 14.5 Å². The molecule has 0 unspecified atom stereocenters. The van der Waals surface area contributed by atoms with Gasteiger partial charge in [0, 0.05) is 6.54 Å². The summed E-state index contributed by atoms with van der Waals surface area (Å²) in [5, 5.41) is 3.65. The van der Waals surface area contributed by atoms with Crippen LogP contribution in [0.5, 0.6) is 5.75 Å². The number of aryl methyl sites for hydroxylation is 1. The number of hydrogen-bond acceptors (Lipinski definition) is 3. The second kappa shape index (κ2) is 5.93. The van der Waals surface area contributed by atoms with E-state index in [1.54, 1.807) is 0 Å². The molecule has 1 N–H and O–H groups in total. The molecule has 4 nitrogen and oxygen atoms in total. The van der Waals surface area contributed by atoms with E-state index >= 15 is 0 Å². The van der Waals surface area contributed by atoms with Gasteiger partial charge in [0.2, 0.25) is 5.76 Å². The van der Waals surface area contributed by atoms with Crippen LogP contribution in [-0.2, 0) is 6.54 Å². The maximum absolute atomic E-state index is 12.3. The molecule has 0 radical (unpaired) electrons. The lowest BCUT2D eigenvalue weighted by Gasteiger charge is -2.05. The Kier molecular flexibility index (Phi) is 3.83. The number of nitrogens with one attached hydrogen (secondary N) is 1. The Labute approximate surface area is 128 Å². The zero-order valence-electron chi connectivity index (χ0n) is 12.6. The van der Waals surface area contributed by atoms with Gasteiger partial charge in [-0.25, -0.2) is 0 Å². The molecule has 0 atom stereocenters. The number of para-hydroxylation sites is 1. The number of carbonyl (C=O) groups is 1. The van der Waals surface area contributed by atoms with Crippen LogP contribution in [0.4, 0.5) is 0 Å². The lowest BCUT2D eigenvalue weighted by atomic mass is 10.1. The van der Waals surface area contributed by atoms with Crippen molar-refractivity contribution < 1.29 is 13.9 Å². The molecule has 0 aliphatic heterocycles. The van der Waals surface area contributed by atoms with Crippen LogP contribution in [0.25, 0.3) is 11.0 Å². The number of furan rings is 1. The number of carbonyl (C=O) groups excluding carboxylic acids is 1. The third-order valence-corrected chi connectivity index (χ3v) is 3.53. The highest BCUT2D eigenvalue weighted by Crippen LogP contribution is 2.32. The van der Waals surface area contributed by atoms with Crippen molar-refractivity contribution in [2.75, 3.05) is 7.11 Å². The Bertz CT molecular complexity index is 803. The molecule has 0 aliphatic carbocycles. The number of methoxy groups -OCH3 is 1. The first-order valence-corrected chi connectivity index (χ1v) is 7.08. The fourth-order valence-electron chi connectivity index (χ4n) is 2.34. The topological polar surface area (TPSA) is 51.5 Å². The molecular weight excluding hydrogens is 278 g/mol. The van der Waals surface area contributed by atoms with Crippen LogP contribution < -0.4 is 10.1 Å². The minimum atomic E-state index is -0.284. The molecule has 0 saturated carbocycles. The highest BCUT2D eigenvalue weighted by molar-refractivity contribution is 6.01. The fraction of sp³-hybridized carbons (Fsp3) is 0.167. The highest BCUT2D eigenvalue weighted by Gasteiger charge is 2.20. The van der Waals surface area contributed by atoms with E-state index < -0.39 is 0 Å². The Balaban J connectivity index is 1.81. The van der Waals surface area contributed by atoms with E-state index in [9.17, 15) is 4.79 Å². The number of amides is 1. The van der Waals surface area contributed by atoms with Gasteiger partial charge in [0.1, 0.15) is 5.58 Å². The molecule has 3 rings (SSSR count). The standard InChI is InChI=1S/C18H17NO3/c1-12-7-9-13(10-8-12)11-19-18(20)17-16(21-2)14-5-3-4-6-15(14)22-17/h3-10H,11H2,1-2H3,(H,19,20). The van der Waals surface area contributed by atoms with Gasteiger partial charge in [-0.2, -0.15) is 0 Å². The van der Waals surface area contributed by atoms with E-state index in [-0.39, 0.29) is 11.7 Å². The molecule has 1 aromatic heterocycles. The summed E-state index contributed by atoms with van der Waals surface area (Å²) in [7, 11) is 1.54. The maximum Gasteiger partial charge on any atom is 0.291 e. The van der Waals surface area contributed by atoms with Crippen LogP contribution >= 0.6 is 0 Å². The predicted molar refractivity (Wildman–Crippen MR) is 85.1 cm³/mol. The Hall–Kier alpha value is -2.75. The van der Waals surface area contributed by atoms with Crippen molar-refractivity contribution in [1.82, 2.24) is 5.32 Å². The molecule has 0 saturated heterocycles. The summed E-state index contributed by atoms with van der Waals surface area (Å²) in [6, 6.07) is 15.4. The second-order valence-electron chi connectivity index (χ2n) is 5.13. The van der Waals surface area contributed by atoms with Crippen LogP contribution in [0.3, 0.4) is 0 Å². The van der Waals surface area contributed by atoms with E-state index in [0.717, 1.165) is 10.9 Å². The van der Waals surface area contributed by atoms with Crippen LogP contribution in [0.1, 0.15) is 21.7 Å². The van der Waals surface area contributed by atoms with Gasteiger partial charge in [0.15, 0.2) is 5.75 Å². The Morgan fingerprint density at radius 3 is 2.59 bits per heavy atom.